The minimum absolute atomic E-state index is 0.366. The van der Waals surface area contributed by atoms with Gasteiger partial charge in [0.1, 0.15) is 5.82 Å². The topological polar surface area (TPSA) is 44.5 Å². The quantitative estimate of drug-likeness (QED) is 0.542. The number of benzene rings is 2. The number of imidazole rings is 1. The van der Waals surface area contributed by atoms with Gasteiger partial charge in [-0.25, -0.2) is 4.39 Å². The van der Waals surface area contributed by atoms with Gasteiger partial charge < -0.3 is 4.98 Å². The molecule has 3 rings (SSSR count). The van der Waals surface area contributed by atoms with Gasteiger partial charge in [-0.3, -0.25) is 4.57 Å². The van der Waals surface area contributed by atoms with Gasteiger partial charge in [-0.2, -0.15) is 5.26 Å². The Hall–Kier alpha value is -1.49. The summed E-state index contributed by atoms with van der Waals surface area (Å²) < 4.78 is 17.1. The van der Waals surface area contributed by atoms with Crippen LogP contribution >= 0.6 is 44.1 Å². The molecule has 3 aromatic rings. The summed E-state index contributed by atoms with van der Waals surface area (Å²) >= 11 is 11.9. The molecule has 0 amide bonds. The molecule has 0 saturated carbocycles. The van der Waals surface area contributed by atoms with Crippen molar-refractivity contribution >= 4 is 55.1 Å². The molecule has 104 valence electrons. The molecule has 0 saturated heterocycles. The molecule has 7 heteroatoms. The number of aromatic nitrogens is 2. The summed E-state index contributed by atoms with van der Waals surface area (Å²) in [6, 6.07) is 10.3. The Kier molecular flexibility index (Phi) is 3.69. The van der Waals surface area contributed by atoms with Crippen LogP contribution in [-0.4, -0.2) is 9.55 Å². The SMILES string of the molecule is N#Cc1ccc(-n2c(=S)[nH]c3cc(Br)c(F)cc32)c(Br)c1. The van der Waals surface area contributed by atoms with Gasteiger partial charge in [0.25, 0.3) is 0 Å². The van der Waals surface area contributed by atoms with Gasteiger partial charge >= 0.3 is 0 Å². The lowest BCUT2D eigenvalue weighted by Gasteiger charge is -2.08. The van der Waals surface area contributed by atoms with E-state index in [1.165, 1.54) is 6.07 Å². The van der Waals surface area contributed by atoms with Crippen molar-refractivity contribution in [3.05, 3.63) is 55.4 Å². The molecule has 1 N–H and O–H groups in total. The maximum absolute atomic E-state index is 13.8. The van der Waals surface area contributed by atoms with Crippen LogP contribution in [0.4, 0.5) is 4.39 Å². The standard InChI is InChI=1S/C14H6Br2FN3S/c15-8-4-11-13(5-10(8)17)20(14(21)19-11)12-2-1-7(6-18)3-9(12)16/h1-5H,(H,19,21). The van der Waals surface area contributed by atoms with Crippen LogP contribution in [0, 0.1) is 21.9 Å². The number of rotatable bonds is 1. The van der Waals surface area contributed by atoms with Crippen LogP contribution < -0.4 is 0 Å². The molecule has 1 heterocycles. The van der Waals surface area contributed by atoms with Crippen LogP contribution in [0.25, 0.3) is 16.7 Å². The van der Waals surface area contributed by atoms with Crippen LogP contribution in [0.1, 0.15) is 5.56 Å². The van der Waals surface area contributed by atoms with Crippen molar-refractivity contribution in [2.75, 3.05) is 0 Å². The fourth-order valence-corrected chi connectivity index (χ4v) is 3.31. The molecule has 0 unspecified atom stereocenters. The highest BCUT2D eigenvalue weighted by molar-refractivity contribution is 9.10. The van der Waals surface area contributed by atoms with E-state index < -0.39 is 0 Å². The van der Waals surface area contributed by atoms with Crippen molar-refractivity contribution < 1.29 is 4.39 Å². The van der Waals surface area contributed by atoms with Gasteiger partial charge in [0.2, 0.25) is 0 Å². The average molecular weight is 427 g/mol. The first-order valence-corrected chi connectivity index (χ1v) is 7.80. The smallest absolute Gasteiger partial charge is 0.182 e. The van der Waals surface area contributed by atoms with E-state index in [4.69, 9.17) is 17.5 Å². The zero-order valence-electron chi connectivity index (χ0n) is 10.3. The number of hydrogen-bond donors (Lipinski definition) is 1. The van der Waals surface area contributed by atoms with E-state index in [-0.39, 0.29) is 5.82 Å². The van der Waals surface area contributed by atoms with Crippen molar-refractivity contribution in [2.24, 2.45) is 0 Å². The number of fused-ring (bicyclic) bond motifs is 1. The molecule has 2 aromatic carbocycles. The third-order valence-electron chi connectivity index (χ3n) is 3.04. The maximum Gasteiger partial charge on any atom is 0.182 e. The number of nitrogens with zero attached hydrogens (tertiary/aromatic N) is 2. The first-order chi connectivity index (χ1) is 10.0. The van der Waals surface area contributed by atoms with Crippen molar-refractivity contribution in [3.63, 3.8) is 0 Å². The highest BCUT2D eigenvalue weighted by Crippen LogP contribution is 2.29. The molecule has 3 nitrogen and oxygen atoms in total. The highest BCUT2D eigenvalue weighted by atomic mass is 79.9. The van der Waals surface area contributed by atoms with E-state index in [2.05, 4.69) is 42.9 Å². The molecule has 0 fully saturated rings. The van der Waals surface area contributed by atoms with Crippen LogP contribution in [0.15, 0.2) is 39.3 Å². The molecule has 0 spiro atoms. The van der Waals surface area contributed by atoms with Crippen LogP contribution in [-0.2, 0) is 0 Å². The van der Waals surface area contributed by atoms with E-state index in [1.807, 2.05) is 0 Å². The summed E-state index contributed by atoms with van der Waals surface area (Å²) in [4.78, 5) is 3.04. The minimum atomic E-state index is -0.366. The second-order valence-electron chi connectivity index (χ2n) is 4.33. The lowest BCUT2D eigenvalue weighted by Crippen LogP contribution is -1.96. The number of aromatic amines is 1. The maximum atomic E-state index is 13.8. The molecule has 0 bridgehead atoms. The van der Waals surface area contributed by atoms with Gasteiger partial charge in [-0.1, -0.05) is 0 Å². The van der Waals surface area contributed by atoms with Crippen LogP contribution in [0.3, 0.4) is 0 Å². The molecule has 1 aromatic heterocycles. The summed E-state index contributed by atoms with van der Waals surface area (Å²) in [6.45, 7) is 0. The molecule has 0 atom stereocenters. The number of H-pyrrole nitrogens is 1. The highest BCUT2D eigenvalue weighted by Gasteiger charge is 2.12. The Bertz CT molecular complexity index is 969. The Balaban J connectivity index is 2.35. The zero-order chi connectivity index (χ0) is 15.1. The molecule has 0 aliphatic rings. The fourth-order valence-electron chi connectivity index (χ4n) is 2.10. The van der Waals surface area contributed by atoms with Crippen LogP contribution in [0.5, 0.6) is 0 Å². The van der Waals surface area contributed by atoms with Gasteiger partial charge in [0.05, 0.1) is 32.8 Å². The number of nitriles is 1. The predicted molar refractivity (Wildman–Crippen MR) is 88.5 cm³/mol. The third kappa shape index (κ3) is 2.44. The Morgan fingerprint density at radius 2 is 1.95 bits per heavy atom. The van der Waals surface area contributed by atoms with Crippen molar-refractivity contribution in [1.29, 1.82) is 5.26 Å². The van der Waals surface area contributed by atoms with E-state index in [9.17, 15) is 4.39 Å². The van der Waals surface area contributed by atoms with Gasteiger partial charge in [0.15, 0.2) is 4.77 Å². The average Bonchev–Trinajstić information content (AvgIpc) is 2.75. The van der Waals surface area contributed by atoms with E-state index in [0.29, 0.717) is 24.8 Å². The molecular weight excluding hydrogens is 421 g/mol. The van der Waals surface area contributed by atoms with E-state index in [0.717, 1.165) is 11.2 Å². The van der Waals surface area contributed by atoms with Crippen molar-refractivity contribution in [1.82, 2.24) is 9.55 Å². The second kappa shape index (κ2) is 5.37. The molecule has 0 radical (unpaired) electrons. The second-order valence-corrected chi connectivity index (χ2v) is 6.42. The van der Waals surface area contributed by atoms with Gasteiger partial charge in [0, 0.05) is 10.5 Å². The first kappa shape index (κ1) is 14.4. The van der Waals surface area contributed by atoms with E-state index in [1.54, 1.807) is 28.8 Å². The van der Waals surface area contributed by atoms with Crippen molar-refractivity contribution in [2.45, 2.75) is 0 Å². The third-order valence-corrected chi connectivity index (χ3v) is 4.57. The Morgan fingerprint density at radius 1 is 1.19 bits per heavy atom. The Labute approximate surface area is 141 Å². The van der Waals surface area contributed by atoms with Gasteiger partial charge in [-0.15, -0.1) is 0 Å². The lowest BCUT2D eigenvalue weighted by molar-refractivity contribution is 0.622. The number of nitrogens with one attached hydrogen (secondary N) is 1. The summed E-state index contributed by atoms with van der Waals surface area (Å²) in [5.74, 6) is -0.366. The Morgan fingerprint density at radius 3 is 2.62 bits per heavy atom. The number of hydrogen-bond acceptors (Lipinski definition) is 2. The fraction of sp³-hybridized carbons (Fsp3) is 0. The summed E-state index contributed by atoms with van der Waals surface area (Å²) in [7, 11) is 0. The first-order valence-electron chi connectivity index (χ1n) is 5.81. The van der Waals surface area contributed by atoms with Crippen molar-refractivity contribution in [3.8, 4) is 11.8 Å². The normalized spacial score (nSPS) is 10.8. The zero-order valence-corrected chi connectivity index (χ0v) is 14.3. The number of halogens is 3. The molecule has 0 aliphatic carbocycles. The lowest BCUT2D eigenvalue weighted by atomic mass is 10.2. The molecule has 21 heavy (non-hydrogen) atoms. The van der Waals surface area contributed by atoms with Crippen LogP contribution in [0.2, 0.25) is 0 Å². The van der Waals surface area contributed by atoms with E-state index >= 15 is 0 Å². The summed E-state index contributed by atoms with van der Waals surface area (Å²) in [5, 5.41) is 8.92. The summed E-state index contributed by atoms with van der Waals surface area (Å²) in [5.41, 5.74) is 2.63. The largest absolute Gasteiger partial charge is 0.330 e. The monoisotopic (exact) mass is 425 g/mol. The molecular formula is C14H6Br2FN3S. The summed E-state index contributed by atoms with van der Waals surface area (Å²) in [6.07, 6.45) is 0. The predicted octanol–water partition coefficient (Wildman–Crippen LogP) is 5.22. The minimum Gasteiger partial charge on any atom is -0.330 e. The molecule has 0 aliphatic heterocycles. The van der Waals surface area contributed by atoms with Gasteiger partial charge in [-0.05, 0) is 68.3 Å².